The van der Waals surface area contributed by atoms with Gasteiger partial charge in [-0.05, 0) is 12.1 Å². The zero-order chi connectivity index (χ0) is 8.27. The third-order valence-corrected chi connectivity index (χ3v) is 1.35. The van der Waals surface area contributed by atoms with Gasteiger partial charge in [0.15, 0.2) is 0 Å². The van der Waals surface area contributed by atoms with Crippen LogP contribution in [0.4, 0.5) is 0 Å². The van der Waals surface area contributed by atoms with E-state index < -0.39 is 5.91 Å². The van der Waals surface area contributed by atoms with Crippen LogP contribution in [0.3, 0.4) is 0 Å². The molecular formula is C9H7NO. The Morgan fingerprint density at radius 1 is 1.45 bits per heavy atom. The SMILES string of the molecule is C#Cc1ccccc1C(N)=O. The van der Waals surface area contributed by atoms with Gasteiger partial charge in [-0.3, -0.25) is 4.79 Å². The molecule has 0 unspecified atom stereocenters. The summed E-state index contributed by atoms with van der Waals surface area (Å²) < 4.78 is 0. The van der Waals surface area contributed by atoms with E-state index in [0.29, 0.717) is 11.1 Å². The van der Waals surface area contributed by atoms with Crippen molar-refractivity contribution in [1.82, 2.24) is 0 Å². The fourth-order valence-electron chi connectivity index (χ4n) is 0.824. The van der Waals surface area contributed by atoms with Crippen molar-refractivity contribution < 1.29 is 4.79 Å². The Morgan fingerprint density at radius 3 is 2.55 bits per heavy atom. The first kappa shape index (κ1) is 7.36. The van der Waals surface area contributed by atoms with Crippen molar-refractivity contribution in [2.24, 2.45) is 5.73 Å². The first-order chi connectivity index (χ1) is 5.25. The van der Waals surface area contributed by atoms with Crippen LogP contribution in [0.2, 0.25) is 0 Å². The maximum atomic E-state index is 10.7. The monoisotopic (exact) mass is 145 g/mol. The van der Waals surface area contributed by atoms with E-state index in [-0.39, 0.29) is 0 Å². The number of carbonyl (C=O) groups is 1. The molecule has 11 heavy (non-hydrogen) atoms. The number of nitrogens with two attached hydrogens (primary N) is 1. The van der Waals surface area contributed by atoms with Crippen molar-refractivity contribution in [3.8, 4) is 12.3 Å². The van der Waals surface area contributed by atoms with Crippen molar-refractivity contribution in [3.05, 3.63) is 35.4 Å². The minimum absolute atomic E-state index is 0.398. The van der Waals surface area contributed by atoms with Crippen LogP contribution >= 0.6 is 0 Å². The van der Waals surface area contributed by atoms with Gasteiger partial charge in [-0.2, -0.15) is 0 Å². The molecule has 0 aromatic heterocycles. The maximum absolute atomic E-state index is 10.7. The second-order valence-electron chi connectivity index (χ2n) is 2.05. The number of amides is 1. The summed E-state index contributed by atoms with van der Waals surface area (Å²) in [6.07, 6.45) is 5.13. The van der Waals surface area contributed by atoms with Gasteiger partial charge in [-0.1, -0.05) is 18.1 Å². The number of hydrogen-bond donors (Lipinski definition) is 1. The summed E-state index contributed by atoms with van der Waals surface area (Å²) in [6.45, 7) is 0. The summed E-state index contributed by atoms with van der Waals surface area (Å²) in [5.41, 5.74) is 6.00. The highest BCUT2D eigenvalue weighted by atomic mass is 16.1. The van der Waals surface area contributed by atoms with Gasteiger partial charge in [0.05, 0.1) is 5.56 Å². The van der Waals surface area contributed by atoms with E-state index in [2.05, 4.69) is 5.92 Å². The van der Waals surface area contributed by atoms with Gasteiger partial charge in [0, 0.05) is 5.56 Å². The van der Waals surface area contributed by atoms with Crippen molar-refractivity contribution in [1.29, 1.82) is 0 Å². The van der Waals surface area contributed by atoms with Crippen LogP contribution in [0.5, 0.6) is 0 Å². The Morgan fingerprint density at radius 2 is 2.09 bits per heavy atom. The molecule has 0 atom stereocenters. The number of rotatable bonds is 1. The van der Waals surface area contributed by atoms with Crippen LogP contribution in [0.1, 0.15) is 15.9 Å². The smallest absolute Gasteiger partial charge is 0.249 e. The van der Waals surface area contributed by atoms with Crippen LogP contribution in [0.15, 0.2) is 24.3 Å². The summed E-state index contributed by atoms with van der Waals surface area (Å²) in [7, 11) is 0. The van der Waals surface area contributed by atoms with Crippen molar-refractivity contribution in [2.45, 2.75) is 0 Å². The topological polar surface area (TPSA) is 43.1 Å². The first-order valence-electron chi connectivity index (χ1n) is 3.11. The Hall–Kier alpha value is -1.75. The summed E-state index contributed by atoms with van der Waals surface area (Å²) in [5, 5.41) is 0. The van der Waals surface area contributed by atoms with Gasteiger partial charge in [0.25, 0.3) is 0 Å². The predicted octanol–water partition coefficient (Wildman–Crippen LogP) is 0.767. The molecule has 1 amide bonds. The van der Waals surface area contributed by atoms with Gasteiger partial charge < -0.3 is 5.73 Å². The second kappa shape index (κ2) is 2.89. The predicted molar refractivity (Wildman–Crippen MR) is 42.9 cm³/mol. The van der Waals surface area contributed by atoms with Crippen molar-refractivity contribution >= 4 is 5.91 Å². The highest BCUT2D eigenvalue weighted by Crippen LogP contribution is 2.04. The maximum Gasteiger partial charge on any atom is 0.249 e. The van der Waals surface area contributed by atoms with E-state index in [4.69, 9.17) is 12.2 Å². The molecule has 1 rings (SSSR count). The summed E-state index contributed by atoms with van der Waals surface area (Å²) in [4.78, 5) is 10.7. The fraction of sp³-hybridized carbons (Fsp3) is 0. The largest absolute Gasteiger partial charge is 0.366 e. The van der Waals surface area contributed by atoms with Gasteiger partial charge in [-0.15, -0.1) is 6.42 Å². The molecule has 0 saturated heterocycles. The van der Waals surface area contributed by atoms with E-state index in [1.54, 1.807) is 24.3 Å². The molecular weight excluding hydrogens is 138 g/mol. The first-order valence-corrected chi connectivity index (χ1v) is 3.11. The highest BCUT2D eigenvalue weighted by Gasteiger charge is 2.02. The molecule has 0 radical (unpaired) electrons. The molecule has 0 saturated carbocycles. The lowest BCUT2D eigenvalue weighted by atomic mass is 10.1. The lowest BCUT2D eigenvalue weighted by molar-refractivity contribution is 0.1000. The molecule has 0 bridgehead atoms. The van der Waals surface area contributed by atoms with Crippen molar-refractivity contribution in [3.63, 3.8) is 0 Å². The van der Waals surface area contributed by atoms with E-state index in [9.17, 15) is 4.79 Å². The van der Waals surface area contributed by atoms with Crippen molar-refractivity contribution in [2.75, 3.05) is 0 Å². The molecule has 0 fully saturated rings. The third-order valence-electron chi connectivity index (χ3n) is 1.35. The Kier molecular flexibility index (Phi) is 1.93. The lowest BCUT2D eigenvalue weighted by Gasteiger charge is -1.96. The van der Waals surface area contributed by atoms with Crippen LogP contribution in [0.25, 0.3) is 0 Å². The normalized spacial score (nSPS) is 8.64. The zero-order valence-corrected chi connectivity index (χ0v) is 5.87. The molecule has 0 aliphatic rings. The Labute approximate surface area is 65.0 Å². The Bertz CT molecular complexity index is 323. The van der Waals surface area contributed by atoms with Crippen LogP contribution in [-0.2, 0) is 0 Å². The molecule has 2 N–H and O–H groups in total. The van der Waals surface area contributed by atoms with Gasteiger partial charge >= 0.3 is 0 Å². The van der Waals surface area contributed by atoms with E-state index in [1.807, 2.05) is 0 Å². The Balaban J connectivity index is 3.26. The molecule has 1 aromatic rings. The number of carbonyl (C=O) groups excluding carboxylic acids is 1. The number of terminal acetylenes is 1. The van der Waals surface area contributed by atoms with Crippen LogP contribution in [0, 0.1) is 12.3 Å². The van der Waals surface area contributed by atoms with E-state index in [0.717, 1.165) is 0 Å². The highest BCUT2D eigenvalue weighted by molar-refractivity contribution is 5.95. The minimum atomic E-state index is -0.487. The zero-order valence-electron chi connectivity index (χ0n) is 5.87. The van der Waals surface area contributed by atoms with Gasteiger partial charge in [0.1, 0.15) is 0 Å². The molecule has 0 heterocycles. The molecule has 0 aliphatic heterocycles. The summed E-state index contributed by atoms with van der Waals surface area (Å²) in [5.74, 6) is 1.89. The standard InChI is InChI=1S/C9H7NO/c1-2-7-5-3-4-6-8(7)9(10)11/h1,3-6H,(H2,10,11). The van der Waals surface area contributed by atoms with Crippen LogP contribution < -0.4 is 5.73 Å². The fourth-order valence-corrected chi connectivity index (χ4v) is 0.824. The molecule has 1 aromatic carbocycles. The third kappa shape index (κ3) is 1.39. The summed E-state index contributed by atoms with van der Waals surface area (Å²) >= 11 is 0. The molecule has 0 aliphatic carbocycles. The molecule has 2 heteroatoms. The number of hydrogen-bond acceptors (Lipinski definition) is 1. The van der Waals surface area contributed by atoms with Gasteiger partial charge in [-0.25, -0.2) is 0 Å². The average Bonchev–Trinajstić information content (AvgIpc) is 2.04. The van der Waals surface area contributed by atoms with E-state index in [1.165, 1.54) is 0 Å². The molecule has 54 valence electrons. The average molecular weight is 145 g/mol. The molecule has 2 nitrogen and oxygen atoms in total. The minimum Gasteiger partial charge on any atom is -0.366 e. The van der Waals surface area contributed by atoms with Gasteiger partial charge in [0.2, 0.25) is 5.91 Å². The summed E-state index contributed by atoms with van der Waals surface area (Å²) in [6, 6.07) is 6.78. The number of primary amides is 1. The van der Waals surface area contributed by atoms with Crippen LogP contribution in [-0.4, -0.2) is 5.91 Å². The quantitative estimate of drug-likeness (QED) is 0.582. The second-order valence-corrected chi connectivity index (χ2v) is 2.05. The lowest BCUT2D eigenvalue weighted by Crippen LogP contribution is -2.12. The van der Waals surface area contributed by atoms with E-state index >= 15 is 0 Å². The number of benzene rings is 1. The molecule has 0 spiro atoms.